The first-order valence-electron chi connectivity index (χ1n) is 9.32. The number of benzene rings is 2. The Bertz CT molecular complexity index is 991. The predicted molar refractivity (Wildman–Crippen MR) is 110 cm³/mol. The van der Waals surface area contributed by atoms with Crippen LogP contribution in [-0.2, 0) is 0 Å². The third-order valence-electron chi connectivity index (χ3n) is 4.16. The Labute approximate surface area is 163 Å². The fourth-order valence-electron chi connectivity index (χ4n) is 3.05. The van der Waals surface area contributed by atoms with E-state index in [0.717, 1.165) is 5.69 Å². The van der Waals surface area contributed by atoms with Gasteiger partial charge in [-0.3, -0.25) is 4.79 Å². The van der Waals surface area contributed by atoms with Crippen LogP contribution in [0.3, 0.4) is 0 Å². The van der Waals surface area contributed by atoms with Gasteiger partial charge in [0, 0.05) is 30.1 Å². The highest BCUT2D eigenvalue weighted by Gasteiger charge is 2.23. The number of anilines is 1. The van der Waals surface area contributed by atoms with Crippen LogP contribution in [0, 0.1) is 5.82 Å². The number of halogens is 1. The smallest absolute Gasteiger partial charge is 0.255 e. The van der Waals surface area contributed by atoms with Crippen LogP contribution < -0.4 is 15.4 Å². The van der Waals surface area contributed by atoms with Gasteiger partial charge in [-0.1, -0.05) is 0 Å². The van der Waals surface area contributed by atoms with Crippen LogP contribution in [0.1, 0.15) is 38.1 Å². The minimum Gasteiger partial charge on any atom is -0.489 e. The van der Waals surface area contributed by atoms with Gasteiger partial charge in [0.05, 0.1) is 17.4 Å². The molecule has 0 unspecified atom stereocenters. The Morgan fingerprint density at radius 2 is 1.79 bits per heavy atom. The molecule has 0 spiro atoms. The number of rotatable bonds is 6. The van der Waals surface area contributed by atoms with Crippen molar-refractivity contribution in [2.45, 2.75) is 39.8 Å². The quantitative estimate of drug-likeness (QED) is 0.613. The van der Waals surface area contributed by atoms with Crippen molar-refractivity contribution in [1.29, 1.82) is 0 Å². The summed E-state index contributed by atoms with van der Waals surface area (Å²) in [6, 6.07) is 9.73. The molecule has 5 nitrogen and oxygen atoms in total. The van der Waals surface area contributed by atoms with E-state index in [1.165, 1.54) is 12.1 Å². The predicted octanol–water partition coefficient (Wildman–Crippen LogP) is 5.21. The van der Waals surface area contributed by atoms with Crippen molar-refractivity contribution in [2.75, 3.05) is 12.4 Å². The largest absolute Gasteiger partial charge is 0.489 e. The number of hydrogen-bond acceptors (Lipinski definition) is 4. The van der Waals surface area contributed by atoms with Crippen LogP contribution in [0.5, 0.6) is 5.75 Å². The first kappa shape index (κ1) is 19.7. The third-order valence-corrected chi connectivity index (χ3v) is 4.16. The molecule has 2 aromatic carbocycles. The lowest BCUT2D eigenvalue weighted by Crippen LogP contribution is -2.18. The summed E-state index contributed by atoms with van der Waals surface area (Å²) in [5, 5.41) is 6.66. The van der Waals surface area contributed by atoms with Crippen LogP contribution in [0.15, 0.2) is 40.8 Å². The van der Waals surface area contributed by atoms with Crippen molar-refractivity contribution < 1.29 is 18.3 Å². The molecule has 0 saturated carbocycles. The van der Waals surface area contributed by atoms with Crippen molar-refractivity contribution in [3.05, 3.63) is 47.8 Å². The number of hydrogen-bond donors (Lipinski definition) is 2. The van der Waals surface area contributed by atoms with E-state index in [4.69, 9.17) is 9.15 Å². The fraction of sp³-hybridized carbons (Fsp3) is 0.318. The summed E-state index contributed by atoms with van der Waals surface area (Å²) in [6.45, 7) is 7.96. The maximum absolute atomic E-state index is 13.3. The first-order valence-corrected chi connectivity index (χ1v) is 9.32. The molecule has 28 heavy (non-hydrogen) atoms. The molecule has 0 aliphatic heterocycles. The number of nitrogens with one attached hydrogen (secondary N) is 2. The summed E-state index contributed by atoms with van der Waals surface area (Å²) in [6.07, 6.45) is -0.0305. The number of furan rings is 1. The van der Waals surface area contributed by atoms with E-state index in [2.05, 4.69) is 10.6 Å². The highest BCUT2D eigenvalue weighted by Crippen LogP contribution is 2.39. The van der Waals surface area contributed by atoms with Gasteiger partial charge in [0.15, 0.2) is 0 Å². The van der Waals surface area contributed by atoms with Gasteiger partial charge in [0.1, 0.15) is 22.9 Å². The van der Waals surface area contributed by atoms with Gasteiger partial charge in [-0.2, -0.15) is 0 Å². The van der Waals surface area contributed by atoms with Gasteiger partial charge in [-0.05, 0) is 58.0 Å². The molecule has 1 heterocycles. The van der Waals surface area contributed by atoms with E-state index in [0.29, 0.717) is 33.6 Å². The minimum absolute atomic E-state index is 0.0305. The van der Waals surface area contributed by atoms with Crippen LogP contribution in [-0.4, -0.2) is 25.1 Å². The molecule has 0 aliphatic carbocycles. The molecule has 0 saturated heterocycles. The minimum atomic E-state index is -0.350. The molecular weight excluding hydrogens is 359 g/mol. The Balaban J connectivity index is 2.26. The van der Waals surface area contributed by atoms with Crippen LogP contribution in [0.2, 0.25) is 0 Å². The van der Waals surface area contributed by atoms with Crippen molar-refractivity contribution in [1.82, 2.24) is 5.32 Å². The summed E-state index contributed by atoms with van der Waals surface area (Å²) in [4.78, 5) is 12.6. The Hall–Kier alpha value is -3.02. The molecule has 0 bridgehead atoms. The molecule has 1 aromatic heterocycles. The highest BCUT2D eigenvalue weighted by molar-refractivity contribution is 6.12. The van der Waals surface area contributed by atoms with Gasteiger partial charge >= 0.3 is 0 Å². The van der Waals surface area contributed by atoms with E-state index >= 15 is 0 Å². The maximum Gasteiger partial charge on any atom is 0.255 e. The number of carbonyl (C=O) groups is 1. The summed E-state index contributed by atoms with van der Waals surface area (Å²) < 4.78 is 25.4. The van der Waals surface area contributed by atoms with E-state index in [-0.39, 0.29) is 23.9 Å². The summed E-state index contributed by atoms with van der Waals surface area (Å²) in [5.74, 6) is 0.412. The van der Waals surface area contributed by atoms with Gasteiger partial charge in [-0.15, -0.1) is 0 Å². The topological polar surface area (TPSA) is 63.5 Å². The SMILES string of the molecule is CNC(=O)c1c(-c2ccc(F)cc2)oc2cc(NC(C)C)c(OC(C)C)cc12. The standard InChI is InChI=1S/C22H25FN2O3/c1-12(2)25-17-11-18-16(10-19(17)27-13(3)4)20(22(26)24-5)21(28-18)14-6-8-15(23)9-7-14/h6-13,25H,1-5H3,(H,24,26). The molecule has 2 N–H and O–H groups in total. The molecule has 3 rings (SSSR count). The Morgan fingerprint density at radius 3 is 2.36 bits per heavy atom. The van der Waals surface area contributed by atoms with Crippen LogP contribution in [0.4, 0.5) is 10.1 Å². The lowest BCUT2D eigenvalue weighted by Gasteiger charge is -2.17. The lowest BCUT2D eigenvalue weighted by atomic mass is 10.0. The fourth-order valence-corrected chi connectivity index (χ4v) is 3.05. The van der Waals surface area contributed by atoms with Gasteiger partial charge < -0.3 is 19.8 Å². The van der Waals surface area contributed by atoms with Gasteiger partial charge in [-0.25, -0.2) is 4.39 Å². The zero-order valence-electron chi connectivity index (χ0n) is 16.7. The van der Waals surface area contributed by atoms with Gasteiger partial charge in [0.2, 0.25) is 0 Å². The number of amides is 1. The molecule has 0 atom stereocenters. The van der Waals surface area contributed by atoms with Crippen molar-refractivity contribution in [3.63, 3.8) is 0 Å². The van der Waals surface area contributed by atoms with Crippen LogP contribution >= 0.6 is 0 Å². The Kier molecular flexibility index (Phi) is 5.58. The third kappa shape index (κ3) is 3.96. The highest BCUT2D eigenvalue weighted by atomic mass is 19.1. The zero-order chi connectivity index (χ0) is 20.4. The second-order valence-electron chi connectivity index (χ2n) is 7.20. The van der Waals surface area contributed by atoms with E-state index < -0.39 is 0 Å². The Morgan fingerprint density at radius 1 is 1.11 bits per heavy atom. The first-order chi connectivity index (χ1) is 13.3. The number of carbonyl (C=O) groups excluding carboxylic acids is 1. The summed E-state index contributed by atoms with van der Waals surface area (Å²) in [7, 11) is 1.57. The van der Waals surface area contributed by atoms with Gasteiger partial charge in [0.25, 0.3) is 5.91 Å². The summed E-state index contributed by atoms with van der Waals surface area (Å²) >= 11 is 0. The average Bonchev–Trinajstić information content (AvgIpc) is 2.99. The molecular formula is C22H25FN2O3. The second-order valence-corrected chi connectivity index (χ2v) is 7.20. The van der Waals surface area contributed by atoms with E-state index in [1.54, 1.807) is 19.2 Å². The molecule has 0 fully saturated rings. The molecule has 6 heteroatoms. The van der Waals surface area contributed by atoms with Crippen molar-refractivity contribution in [3.8, 4) is 17.1 Å². The zero-order valence-corrected chi connectivity index (χ0v) is 16.7. The maximum atomic E-state index is 13.3. The molecule has 148 valence electrons. The lowest BCUT2D eigenvalue weighted by molar-refractivity contribution is 0.0964. The summed E-state index contributed by atoms with van der Waals surface area (Å²) in [5.41, 5.74) is 2.37. The monoisotopic (exact) mass is 384 g/mol. The number of ether oxygens (including phenoxy) is 1. The molecule has 0 aliphatic rings. The molecule has 0 radical (unpaired) electrons. The van der Waals surface area contributed by atoms with E-state index in [1.807, 2.05) is 39.8 Å². The van der Waals surface area contributed by atoms with Crippen molar-refractivity contribution >= 4 is 22.6 Å². The van der Waals surface area contributed by atoms with E-state index in [9.17, 15) is 9.18 Å². The normalized spacial score (nSPS) is 11.3. The molecule has 1 amide bonds. The van der Waals surface area contributed by atoms with Crippen molar-refractivity contribution in [2.24, 2.45) is 0 Å². The second kappa shape index (κ2) is 7.92. The van der Waals surface area contributed by atoms with Crippen LogP contribution in [0.25, 0.3) is 22.3 Å². The number of fused-ring (bicyclic) bond motifs is 1. The molecule has 3 aromatic rings. The average molecular weight is 384 g/mol.